The molecule has 0 fully saturated rings. The van der Waals surface area contributed by atoms with Gasteiger partial charge in [-0.25, -0.2) is 14.9 Å². The van der Waals surface area contributed by atoms with Crippen LogP contribution in [0.3, 0.4) is 0 Å². The minimum atomic E-state index is -0.840. The van der Waals surface area contributed by atoms with Gasteiger partial charge in [0.05, 0.1) is 0 Å². The Morgan fingerprint density at radius 3 is 1.84 bits per heavy atom. The van der Waals surface area contributed by atoms with E-state index in [1.807, 2.05) is 24.3 Å². The summed E-state index contributed by atoms with van der Waals surface area (Å²) >= 11 is 6.64. The van der Waals surface area contributed by atoms with Gasteiger partial charge >= 0.3 is 0 Å². The predicted molar refractivity (Wildman–Crippen MR) is 129 cm³/mol. The number of aromatic nitrogens is 2. The fourth-order valence-electron chi connectivity index (χ4n) is 2.87. The highest BCUT2D eigenvalue weighted by Crippen LogP contribution is 2.27. The molecule has 0 unspecified atom stereocenters. The molecule has 2 aromatic heterocycles. The number of hydrogen-bond acceptors (Lipinski definition) is 4. The Bertz CT molecular complexity index is 1100. The van der Waals surface area contributed by atoms with E-state index in [0.717, 1.165) is 5.56 Å². The summed E-state index contributed by atoms with van der Waals surface area (Å²) in [5.41, 5.74) is 7.27. The Kier molecular flexibility index (Phi) is 7.35. The van der Waals surface area contributed by atoms with E-state index in [1.165, 1.54) is 11.0 Å². The number of primary amides is 1. The molecule has 31 heavy (non-hydrogen) atoms. The monoisotopic (exact) mass is 542 g/mol. The van der Waals surface area contributed by atoms with Gasteiger partial charge < -0.3 is 5.73 Å². The molecular weight excluding hydrogens is 524 g/mol. The number of carbonyl (C=O) groups is 2. The van der Waals surface area contributed by atoms with Gasteiger partial charge in [-0.3, -0.25) is 9.59 Å². The van der Waals surface area contributed by atoms with Crippen LogP contribution in [0.15, 0.2) is 75.4 Å². The first-order chi connectivity index (χ1) is 14.8. The van der Waals surface area contributed by atoms with Crippen molar-refractivity contribution in [1.29, 1.82) is 0 Å². The van der Waals surface area contributed by atoms with Crippen LogP contribution in [0.4, 0.5) is 11.6 Å². The zero-order valence-electron chi connectivity index (χ0n) is 16.9. The summed E-state index contributed by atoms with van der Waals surface area (Å²) in [6.07, 6.45) is 1.48. The van der Waals surface area contributed by atoms with Crippen LogP contribution in [0, 0.1) is 0 Å². The molecular formula is C23H20Br2N4O2. The largest absolute Gasteiger partial charge is 0.365 e. The Labute approximate surface area is 197 Å². The number of nitrogens with two attached hydrogens (primary N) is 1. The van der Waals surface area contributed by atoms with Crippen molar-refractivity contribution in [3.8, 4) is 0 Å². The minimum absolute atomic E-state index is 0.180. The molecule has 2 N–H and O–H groups in total. The summed E-state index contributed by atoms with van der Waals surface area (Å²) in [5.74, 6) is -0.500. The van der Waals surface area contributed by atoms with E-state index < -0.39 is 11.8 Å². The number of carbonyl (C=O) groups excluding carboxylic acids is 2. The maximum Gasteiger partial charge on any atom is 0.270 e. The zero-order chi connectivity index (χ0) is 22.5. The van der Waals surface area contributed by atoms with Crippen molar-refractivity contribution < 1.29 is 9.59 Å². The number of pyridine rings is 2. The van der Waals surface area contributed by atoms with E-state index in [9.17, 15) is 9.59 Å². The van der Waals surface area contributed by atoms with Gasteiger partial charge in [0, 0.05) is 0 Å². The number of hydrogen-bond donors (Lipinski definition) is 1. The van der Waals surface area contributed by atoms with Gasteiger partial charge in [-0.1, -0.05) is 50.2 Å². The Hall–Kier alpha value is -2.84. The molecule has 6 nitrogen and oxygen atoms in total. The standard InChI is InChI=1S/C23H20Br2N4O2/c1-14(2)16-11-9-15(10-12-16)13-17(22(26)30)23(31)29(20-7-3-5-18(24)27-20)21-8-4-6-19(25)28-21/h3-14H,1-2H3,(H2,26,30). The molecule has 0 atom stereocenters. The molecule has 2 heterocycles. The first kappa shape index (κ1) is 22.8. The van der Waals surface area contributed by atoms with E-state index in [4.69, 9.17) is 5.73 Å². The molecule has 1 aromatic carbocycles. The van der Waals surface area contributed by atoms with Crippen LogP contribution in [0.1, 0.15) is 30.9 Å². The second-order valence-electron chi connectivity index (χ2n) is 7.02. The quantitative estimate of drug-likeness (QED) is 0.196. The third-order valence-electron chi connectivity index (χ3n) is 4.47. The molecule has 3 aromatic rings. The average molecular weight is 544 g/mol. The molecule has 0 saturated carbocycles. The van der Waals surface area contributed by atoms with Crippen molar-refractivity contribution in [3.63, 3.8) is 0 Å². The van der Waals surface area contributed by atoms with Gasteiger partial charge in [0.15, 0.2) is 0 Å². The van der Waals surface area contributed by atoms with Crippen molar-refractivity contribution in [1.82, 2.24) is 9.97 Å². The van der Waals surface area contributed by atoms with Crippen LogP contribution >= 0.6 is 31.9 Å². The topological polar surface area (TPSA) is 89.2 Å². The van der Waals surface area contributed by atoms with E-state index in [-0.39, 0.29) is 5.57 Å². The molecule has 0 bridgehead atoms. The average Bonchev–Trinajstić information content (AvgIpc) is 2.72. The number of amides is 2. The van der Waals surface area contributed by atoms with Gasteiger partial charge in [-0.05, 0) is 79.2 Å². The smallest absolute Gasteiger partial charge is 0.270 e. The van der Waals surface area contributed by atoms with E-state index >= 15 is 0 Å². The van der Waals surface area contributed by atoms with Crippen molar-refractivity contribution in [3.05, 3.63) is 86.6 Å². The Balaban J connectivity index is 2.10. The first-order valence-corrected chi connectivity index (χ1v) is 11.1. The Morgan fingerprint density at radius 1 is 0.903 bits per heavy atom. The van der Waals surface area contributed by atoms with E-state index in [1.54, 1.807) is 36.4 Å². The molecule has 2 amide bonds. The lowest BCUT2D eigenvalue weighted by Gasteiger charge is -2.21. The minimum Gasteiger partial charge on any atom is -0.365 e. The van der Waals surface area contributed by atoms with E-state index in [0.29, 0.717) is 32.3 Å². The fraction of sp³-hybridized carbons (Fsp3) is 0.130. The Morgan fingerprint density at radius 2 is 1.42 bits per heavy atom. The molecule has 0 radical (unpaired) electrons. The number of nitrogens with zero attached hydrogens (tertiary/aromatic N) is 3. The summed E-state index contributed by atoms with van der Waals surface area (Å²) in [4.78, 5) is 35.8. The van der Waals surface area contributed by atoms with Gasteiger partial charge in [-0.15, -0.1) is 0 Å². The van der Waals surface area contributed by atoms with Crippen LogP contribution in [-0.2, 0) is 9.59 Å². The normalized spacial score (nSPS) is 11.5. The second kappa shape index (κ2) is 9.98. The highest BCUT2D eigenvalue weighted by Gasteiger charge is 2.27. The molecule has 0 aliphatic carbocycles. The molecule has 0 aliphatic rings. The predicted octanol–water partition coefficient (Wildman–Crippen LogP) is 5.36. The molecule has 8 heteroatoms. The number of rotatable bonds is 6. The molecule has 0 saturated heterocycles. The highest BCUT2D eigenvalue weighted by atomic mass is 79.9. The van der Waals surface area contributed by atoms with E-state index in [2.05, 4.69) is 55.7 Å². The molecule has 0 aliphatic heterocycles. The second-order valence-corrected chi connectivity index (χ2v) is 8.65. The molecule has 158 valence electrons. The van der Waals surface area contributed by atoms with Crippen LogP contribution in [0.25, 0.3) is 6.08 Å². The van der Waals surface area contributed by atoms with Crippen molar-refractivity contribution >= 4 is 61.4 Å². The maximum absolute atomic E-state index is 13.5. The third kappa shape index (κ3) is 5.65. The SMILES string of the molecule is CC(C)c1ccc(C=C(C(N)=O)C(=O)N(c2cccc(Br)n2)c2cccc(Br)n2)cc1. The van der Waals surface area contributed by atoms with Gasteiger partial charge in [0.1, 0.15) is 26.4 Å². The molecule has 0 spiro atoms. The zero-order valence-corrected chi connectivity index (χ0v) is 20.1. The first-order valence-electron chi connectivity index (χ1n) is 9.47. The summed E-state index contributed by atoms with van der Waals surface area (Å²) in [6, 6.07) is 17.9. The lowest BCUT2D eigenvalue weighted by molar-refractivity contribution is -0.120. The van der Waals surface area contributed by atoms with Crippen LogP contribution < -0.4 is 10.6 Å². The summed E-state index contributed by atoms with van der Waals surface area (Å²) in [7, 11) is 0. The highest BCUT2D eigenvalue weighted by molar-refractivity contribution is 9.10. The summed E-state index contributed by atoms with van der Waals surface area (Å²) < 4.78 is 1.07. The van der Waals surface area contributed by atoms with Crippen LogP contribution in [-0.4, -0.2) is 21.8 Å². The van der Waals surface area contributed by atoms with Gasteiger partial charge in [0.25, 0.3) is 11.8 Å². The van der Waals surface area contributed by atoms with Crippen molar-refractivity contribution in [2.75, 3.05) is 4.90 Å². The number of anilines is 2. The van der Waals surface area contributed by atoms with Crippen molar-refractivity contribution in [2.24, 2.45) is 5.73 Å². The number of halogens is 2. The molecule has 3 rings (SSSR count). The van der Waals surface area contributed by atoms with Gasteiger partial charge in [-0.2, -0.15) is 0 Å². The lowest BCUT2D eigenvalue weighted by atomic mass is 10.0. The van der Waals surface area contributed by atoms with Crippen LogP contribution in [0.2, 0.25) is 0 Å². The fourth-order valence-corrected chi connectivity index (χ4v) is 3.54. The number of benzene rings is 1. The summed E-state index contributed by atoms with van der Waals surface area (Å²) in [6.45, 7) is 4.19. The van der Waals surface area contributed by atoms with Crippen molar-refractivity contribution in [2.45, 2.75) is 19.8 Å². The third-order valence-corrected chi connectivity index (χ3v) is 5.36. The summed E-state index contributed by atoms with van der Waals surface area (Å²) in [5, 5.41) is 0. The van der Waals surface area contributed by atoms with Crippen LogP contribution in [0.5, 0.6) is 0 Å². The lowest BCUT2D eigenvalue weighted by Crippen LogP contribution is -2.34. The van der Waals surface area contributed by atoms with Gasteiger partial charge in [0.2, 0.25) is 0 Å². The maximum atomic E-state index is 13.5.